The highest BCUT2D eigenvalue weighted by Crippen LogP contribution is 2.41. The van der Waals surface area contributed by atoms with Gasteiger partial charge in [0.1, 0.15) is 5.78 Å². The number of carbonyl (C=O) groups is 1. The number of ketones is 1. The fourth-order valence-electron chi connectivity index (χ4n) is 3.74. The lowest BCUT2D eigenvalue weighted by Gasteiger charge is -2.34. The third-order valence-corrected chi connectivity index (χ3v) is 10.6. The molecule has 1 aliphatic rings. The molecule has 28 heavy (non-hydrogen) atoms. The first-order valence-corrected chi connectivity index (χ1v) is 12.4. The summed E-state index contributed by atoms with van der Waals surface area (Å²) >= 11 is 0. The minimum atomic E-state index is -4.21. The van der Waals surface area contributed by atoms with Gasteiger partial charge in [-0.3, -0.25) is 4.79 Å². The molecule has 0 aromatic heterocycles. The van der Waals surface area contributed by atoms with Gasteiger partial charge in [0.25, 0.3) is 0 Å². The molecule has 1 saturated carbocycles. The average Bonchev–Trinajstić information content (AvgIpc) is 2.70. The van der Waals surface area contributed by atoms with Crippen LogP contribution in [0.25, 0.3) is 0 Å². The van der Waals surface area contributed by atoms with Crippen molar-refractivity contribution in [2.24, 2.45) is 5.41 Å². The Balaban J connectivity index is 2.13. The zero-order valence-corrected chi connectivity index (χ0v) is 17.4. The summed E-state index contributed by atoms with van der Waals surface area (Å²) in [5.74, 6) is -0.0599. The molecule has 0 bridgehead atoms. The zero-order valence-electron chi connectivity index (χ0n) is 15.7. The van der Waals surface area contributed by atoms with E-state index >= 15 is 0 Å². The summed E-state index contributed by atoms with van der Waals surface area (Å²) in [5.41, 5.74) is -0.966. The topological polar surface area (TPSA) is 85.3 Å². The Morgan fingerprint density at radius 1 is 0.821 bits per heavy atom. The molecule has 0 heterocycles. The fraction of sp³-hybridized carbons (Fsp3) is 0.381. The Hall–Kier alpha value is -1.99. The largest absolute Gasteiger partial charge is 0.299 e. The Labute approximate surface area is 166 Å². The number of Topliss-reactive ketones (excluding diaryl/α,β-unsaturated/α-hetero) is 1. The molecule has 0 radical (unpaired) electrons. The van der Waals surface area contributed by atoms with E-state index in [2.05, 4.69) is 0 Å². The molecular formula is C21H24O5S2. The van der Waals surface area contributed by atoms with E-state index in [1.54, 1.807) is 43.3 Å². The molecule has 0 aliphatic heterocycles. The summed E-state index contributed by atoms with van der Waals surface area (Å²) in [7, 11) is -8.42. The van der Waals surface area contributed by atoms with Crippen molar-refractivity contribution in [3.8, 4) is 0 Å². The predicted molar refractivity (Wildman–Crippen MR) is 107 cm³/mol. The second kappa shape index (κ2) is 7.79. The molecule has 2 aromatic rings. The number of hydrogen-bond donors (Lipinski definition) is 0. The Kier molecular flexibility index (Phi) is 5.77. The SMILES string of the molecule is CC1(CC(S(=O)(=O)c2ccccc2)S(=O)(=O)c2ccccc2)CCCCC1=O. The average molecular weight is 421 g/mol. The maximum Gasteiger partial charge on any atom is 0.195 e. The van der Waals surface area contributed by atoms with Gasteiger partial charge in [-0.2, -0.15) is 0 Å². The lowest BCUT2D eigenvalue weighted by Crippen LogP contribution is -2.41. The Morgan fingerprint density at radius 2 is 1.29 bits per heavy atom. The third kappa shape index (κ3) is 3.91. The molecule has 5 nitrogen and oxygen atoms in total. The quantitative estimate of drug-likeness (QED) is 0.710. The molecular weight excluding hydrogens is 396 g/mol. The van der Waals surface area contributed by atoms with E-state index in [-0.39, 0.29) is 22.0 Å². The van der Waals surface area contributed by atoms with Crippen LogP contribution in [-0.2, 0) is 24.5 Å². The van der Waals surface area contributed by atoms with Crippen LogP contribution >= 0.6 is 0 Å². The molecule has 7 heteroatoms. The van der Waals surface area contributed by atoms with Crippen molar-refractivity contribution >= 4 is 25.5 Å². The molecule has 1 atom stereocenters. The minimum absolute atomic E-state index is 0.0497. The van der Waals surface area contributed by atoms with E-state index in [0.29, 0.717) is 12.8 Å². The van der Waals surface area contributed by atoms with Gasteiger partial charge < -0.3 is 0 Å². The second-order valence-corrected chi connectivity index (χ2v) is 12.1. The Morgan fingerprint density at radius 3 is 1.71 bits per heavy atom. The number of rotatable bonds is 6. The monoisotopic (exact) mass is 420 g/mol. The van der Waals surface area contributed by atoms with Crippen LogP contribution in [0.15, 0.2) is 70.5 Å². The smallest absolute Gasteiger partial charge is 0.195 e. The van der Waals surface area contributed by atoms with Gasteiger partial charge in [-0.15, -0.1) is 0 Å². The maximum atomic E-state index is 13.4. The summed E-state index contributed by atoms with van der Waals surface area (Å²) in [6, 6.07) is 15.2. The summed E-state index contributed by atoms with van der Waals surface area (Å²) in [5, 5.41) is 0. The van der Waals surface area contributed by atoms with Crippen molar-refractivity contribution in [2.75, 3.05) is 0 Å². The van der Waals surface area contributed by atoms with E-state index in [4.69, 9.17) is 0 Å². The van der Waals surface area contributed by atoms with E-state index in [1.807, 2.05) is 0 Å². The molecule has 0 spiro atoms. The van der Waals surface area contributed by atoms with E-state index in [1.165, 1.54) is 24.3 Å². The molecule has 0 saturated heterocycles. The lowest BCUT2D eigenvalue weighted by molar-refractivity contribution is -0.130. The normalized spacial score (nSPS) is 21.0. The first-order chi connectivity index (χ1) is 13.2. The van der Waals surface area contributed by atoms with Crippen LogP contribution in [0, 0.1) is 5.41 Å². The van der Waals surface area contributed by atoms with Gasteiger partial charge in [0, 0.05) is 11.8 Å². The van der Waals surface area contributed by atoms with Crippen molar-refractivity contribution in [2.45, 2.75) is 53.4 Å². The van der Waals surface area contributed by atoms with Crippen molar-refractivity contribution in [3.63, 3.8) is 0 Å². The number of carbonyl (C=O) groups excluding carboxylic acids is 1. The zero-order chi connectivity index (χ0) is 20.4. The molecule has 3 rings (SSSR count). The highest BCUT2D eigenvalue weighted by Gasteiger charge is 2.47. The van der Waals surface area contributed by atoms with Crippen LogP contribution in [0.2, 0.25) is 0 Å². The van der Waals surface area contributed by atoms with Crippen LogP contribution in [0.5, 0.6) is 0 Å². The standard InChI is InChI=1S/C21H24O5S2/c1-21(15-9-8-14-19(21)22)16-20(27(23,24)17-10-4-2-5-11-17)28(25,26)18-12-6-3-7-13-18/h2-7,10-13,20H,8-9,14-16H2,1H3. The van der Waals surface area contributed by atoms with Crippen LogP contribution < -0.4 is 0 Å². The van der Waals surface area contributed by atoms with Gasteiger partial charge >= 0.3 is 0 Å². The molecule has 150 valence electrons. The van der Waals surface area contributed by atoms with Crippen LogP contribution in [0.1, 0.15) is 39.0 Å². The van der Waals surface area contributed by atoms with E-state index in [9.17, 15) is 21.6 Å². The highest BCUT2D eigenvalue weighted by atomic mass is 32.3. The summed E-state index contributed by atoms with van der Waals surface area (Å²) in [4.78, 5) is 12.5. The first-order valence-electron chi connectivity index (χ1n) is 9.29. The van der Waals surface area contributed by atoms with Crippen molar-refractivity contribution in [1.29, 1.82) is 0 Å². The van der Waals surface area contributed by atoms with Crippen molar-refractivity contribution < 1.29 is 21.6 Å². The van der Waals surface area contributed by atoms with Crippen molar-refractivity contribution in [3.05, 3.63) is 60.7 Å². The Bertz CT molecular complexity index is 975. The number of benzene rings is 2. The first kappa shape index (κ1) is 20.7. The molecule has 1 unspecified atom stereocenters. The molecule has 1 aliphatic carbocycles. The third-order valence-electron chi connectivity index (χ3n) is 5.51. The molecule has 0 N–H and O–H groups in total. The maximum absolute atomic E-state index is 13.4. The summed E-state index contributed by atoms with van der Waals surface area (Å²) < 4.78 is 51.8. The number of hydrogen-bond acceptors (Lipinski definition) is 5. The number of sulfone groups is 2. The van der Waals surface area contributed by atoms with Crippen LogP contribution in [0.4, 0.5) is 0 Å². The molecule has 2 aromatic carbocycles. The minimum Gasteiger partial charge on any atom is -0.299 e. The highest BCUT2D eigenvalue weighted by molar-refractivity contribution is 8.09. The molecule has 0 amide bonds. The van der Waals surface area contributed by atoms with Crippen molar-refractivity contribution in [1.82, 2.24) is 0 Å². The van der Waals surface area contributed by atoms with Crippen LogP contribution in [0.3, 0.4) is 0 Å². The second-order valence-electron chi connectivity index (χ2n) is 7.54. The lowest BCUT2D eigenvalue weighted by atomic mass is 9.73. The van der Waals surface area contributed by atoms with Gasteiger partial charge in [0.2, 0.25) is 0 Å². The predicted octanol–water partition coefficient (Wildman–Crippen LogP) is 3.80. The fourth-order valence-corrected chi connectivity index (χ4v) is 8.59. The van der Waals surface area contributed by atoms with Gasteiger partial charge in [0.05, 0.1) is 9.79 Å². The van der Waals surface area contributed by atoms with Gasteiger partial charge in [-0.1, -0.05) is 49.7 Å². The van der Waals surface area contributed by atoms with Gasteiger partial charge in [0.15, 0.2) is 24.3 Å². The van der Waals surface area contributed by atoms with Crippen LogP contribution in [-0.4, -0.2) is 27.2 Å². The van der Waals surface area contributed by atoms with E-state index in [0.717, 1.165) is 12.8 Å². The van der Waals surface area contributed by atoms with E-state index < -0.39 is 29.7 Å². The summed E-state index contributed by atoms with van der Waals surface area (Å²) in [6.45, 7) is 1.70. The molecule has 1 fully saturated rings. The van der Waals surface area contributed by atoms with Gasteiger partial charge in [-0.05, 0) is 43.5 Å². The van der Waals surface area contributed by atoms with Gasteiger partial charge in [-0.25, -0.2) is 16.8 Å². The summed E-state index contributed by atoms with van der Waals surface area (Å²) in [6.07, 6.45) is 2.17.